The zero-order valence-corrected chi connectivity index (χ0v) is 16.5. The van der Waals surface area contributed by atoms with Crippen LogP contribution in [-0.2, 0) is 14.3 Å². The monoisotopic (exact) mass is 411 g/mol. The maximum atomic E-state index is 12.6. The molecule has 1 aliphatic rings. The molecule has 0 saturated carbocycles. The molecule has 0 aliphatic carbocycles. The van der Waals surface area contributed by atoms with Gasteiger partial charge < -0.3 is 19.5 Å². The van der Waals surface area contributed by atoms with Crippen molar-refractivity contribution in [3.63, 3.8) is 0 Å². The summed E-state index contributed by atoms with van der Waals surface area (Å²) in [5, 5.41) is 2.72. The second kappa shape index (κ2) is 7.91. The lowest BCUT2D eigenvalue weighted by Gasteiger charge is -2.28. The summed E-state index contributed by atoms with van der Waals surface area (Å²) < 4.78 is 16.9. The van der Waals surface area contributed by atoms with E-state index >= 15 is 0 Å². The Morgan fingerprint density at radius 3 is 2.44 bits per heavy atom. The van der Waals surface area contributed by atoms with Crippen LogP contribution >= 0.6 is 15.9 Å². The molecular weight excluding hydrogens is 390 g/mol. The van der Waals surface area contributed by atoms with Gasteiger partial charge in [0.1, 0.15) is 11.5 Å². The molecule has 1 amide bonds. The molecule has 25 heavy (non-hydrogen) atoms. The van der Waals surface area contributed by atoms with Gasteiger partial charge in [-0.25, -0.2) is 4.79 Å². The number of esters is 1. The van der Waals surface area contributed by atoms with Gasteiger partial charge in [0.2, 0.25) is 5.91 Å². The van der Waals surface area contributed by atoms with Crippen molar-refractivity contribution in [2.24, 2.45) is 0 Å². The zero-order chi connectivity index (χ0) is 18.7. The Morgan fingerprint density at radius 2 is 1.88 bits per heavy atom. The predicted octanol–water partition coefficient (Wildman–Crippen LogP) is 3.30. The third kappa shape index (κ3) is 4.15. The Balaban J connectivity index is 2.59. The third-order valence-electron chi connectivity index (χ3n) is 3.91. The third-order valence-corrected chi connectivity index (χ3v) is 4.53. The molecule has 0 spiro atoms. The van der Waals surface area contributed by atoms with Crippen LogP contribution in [0.25, 0.3) is 0 Å². The number of carbonyl (C=O) groups is 2. The first-order valence-corrected chi connectivity index (χ1v) is 8.70. The van der Waals surface area contributed by atoms with Gasteiger partial charge in [0.15, 0.2) is 0 Å². The van der Waals surface area contributed by atoms with Crippen molar-refractivity contribution in [2.75, 3.05) is 14.2 Å². The second-order valence-corrected chi connectivity index (χ2v) is 6.88. The van der Waals surface area contributed by atoms with E-state index < -0.39 is 11.9 Å². The molecule has 0 aromatic heterocycles. The molecule has 1 aliphatic heterocycles. The van der Waals surface area contributed by atoms with E-state index in [4.69, 9.17) is 14.2 Å². The minimum absolute atomic E-state index is 0.126. The van der Waals surface area contributed by atoms with Crippen LogP contribution in [0.3, 0.4) is 0 Å². The molecule has 1 aromatic rings. The summed E-state index contributed by atoms with van der Waals surface area (Å²) in [5.74, 6) is 0.0805. The maximum absolute atomic E-state index is 12.6. The molecule has 1 heterocycles. The number of ether oxygens (including phenoxy) is 3. The van der Waals surface area contributed by atoms with Crippen molar-refractivity contribution in [1.29, 1.82) is 0 Å². The quantitative estimate of drug-likeness (QED) is 0.752. The smallest absolute Gasteiger partial charge is 0.336 e. The lowest BCUT2D eigenvalue weighted by atomic mass is 9.84. The Hall–Kier alpha value is -2.02. The summed E-state index contributed by atoms with van der Waals surface area (Å²) >= 11 is 3.42. The van der Waals surface area contributed by atoms with E-state index in [1.807, 2.05) is 0 Å². The molecule has 1 N–H and O–H groups in total. The highest BCUT2D eigenvalue weighted by Gasteiger charge is 2.35. The lowest BCUT2D eigenvalue weighted by molar-refractivity contribution is -0.143. The number of methoxy groups -OCH3 is 2. The number of rotatable bonds is 5. The van der Waals surface area contributed by atoms with Crippen LogP contribution in [0.5, 0.6) is 11.5 Å². The van der Waals surface area contributed by atoms with Gasteiger partial charge in [-0.3, -0.25) is 4.79 Å². The number of halogens is 1. The second-order valence-electron chi connectivity index (χ2n) is 6.03. The van der Waals surface area contributed by atoms with Crippen LogP contribution in [0.15, 0.2) is 27.9 Å². The van der Waals surface area contributed by atoms with Crippen molar-refractivity contribution < 1.29 is 23.8 Å². The molecule has 0 radical (unpaired) electrons. The highest BCUT2D eigenvalue weighted by molar-refractivity contribution is 9.10. The number of amides is 1. The minimum Gasteiger partial charge on any atom is -0.496 e. The van der Waals surface area contributed by atoms with E-state index in [1.54, 1.807) is 47.1 Å². The van der Waals surface area contributed by atoms with Crippen LogP contribution < -0.4 is 14.8 Å². The fourth-order valence-corrected chi connectivity index (χ4v) is 3.36. The SMILES string of the molecule is COc1cc(C2CC(=O)NC(C)=C2C(=O)OC(C)C)c(OC)cc1Br. The standard InChI is InChI=1S/C18H22BrNO5/c1-9(2)25-18(22)17-10(3)20-16(21)7-12(17)11-6-15(24-5)13(19)8-14(11)23-4/h6,8-9,12H,7H2,1-5H3,(H,20,21). The molecule has 136 valence electrons. The zero-order valence-electron chi connectivity index (χ0n) is 14.9. The average molecular weight is 412 g/mol. The topological polar surface area (TPSA) is 73.9 Å². The van der Waals surface area contributed by atoms with E-state index in [2.05, 4.69) is 21.2 Å². The Morgan fingerprint density at radius 1 is 1.24 bits per heavy atom. The summed E-state index contributed by atoms with van der Waals surface area (Å²) in [5.41, 5.74) is 1.62. The largest absolute Gasteiger partial charge is 0.496 e. The van der Waals surface area contributed by atoms with Gasteiger partial charge >= 0.3 is 5.97 Å². The number of allylic oxidation sites excluding steroid dienone is 1. The maximum Gasteiger partial charge on any atom is 0.336 e. The van der Waals surface area contributed by atoms with Crippen LogP contribution in [0.2, 0.25) is 0 Å². The normalized spacial score (nSPS) is 17.4. The van der Waals surface area contributed by atoms with Gasteiger partial charge in [-0.15, -0.1) is 0 Å². The van der Waals surface area contributed by atoms with E-state index in [9.17, 15) is 9.59 Å². The summed E-state index contributed by atoms with van der Waals surface area (Å²) in [7, 11) is 3.10. The first kappa shape index (κ1) is 19.3. The van der Waals surface area contributed by atoms with Gasteiger partial charge in [-0.2, -0.15) is 0 Å². The Kier molecular flexibility index (Phi) is 6.11. The molecule has 1 unspecified atom stereocenters. The van der Waals surface area contributed by atoms with E-state index in [0.717, 1.165) is 4.47 Å². The van der Waals surface area contributed by atoms with Crippen LogP contribution in [0.1, 0.15) is 38.7 Å². The summed E-state index contributed by atoms with van der Waals surface area (Å²) in [6, 6.07) is 3.55. The molecule has 6 nitrogen and oxygen atoms in total. The van der Waals surface area contributed by atoms with Crippen LogP contribution in [-0.4, -0.2) is 32.2 Å². The summed E-state index contributed by atoms with van der Waals surface area (Å²) in [6.07, 6.45) is -0.131. The number of nitrogens with one attached hydrogen (secondary N) is 1. The fraction of sp³-hybridized carbons (Fsp3) is 0.444. The fourth-order valence-electron chi connectivity index (χ4n) is 2.87. The van der Waals surface area contributed by atoms with Crippen molar-refractivity contribution >= 4 is 27.8 Å². The molecule has 0 fully saturated rings. The Labute approximate surface area is 155 Å². The predicted molar refractivity (Wildman–Crippen MR) is 96.7 cm³/mol. The number of carbonyl (C=O) groups excluding carboxylic acids is 2. The molecule has 0 bridgehead atoms. The first-order chi connectivity index (χ1) is 11.8. The molecular formula is C18H22BrNO5. The number of hydrogen-bond acceptors (Lipinski definition) is 5. The van der Waals surface area contributed by atoms with E-state index in [-0.39, 0.29) is 18.4 Å². The van der Waals surface area contributed by atoms with Gasteiger partial charge in [-0.05, 0) is 48.8 Å². The van der Waals surface area contributed by atoms with Crippen molar-refractivity contribution in [1.82, 2.24) is 5.32 Å². The molecule has 7 heteroatoms. The molecule has 1 aromatic carbocycles. The minimum atomic E-state index is -0.475. The van der Waals surface area contributed by atoms with E-state index in [1.165, 1.54) is 0 Å². The summed E-state index contributed by atoms with van der Waals surface area (Å²) in [4.78, 5) is 24.7. The summed E-state index contributed by atoms with van der Waals surface area (Å²) in [6.45, 7) is 5.27. The van der Waals surface area contributed by atoms with Gasteiger partial charge in [0.05, 0.1) is 30.4 Å². The number of benzene rings is 1. The van der Waals surface area contributed by atoms with Crippen LogP contribution in [0.4, 0.5) is 0 Å². The molecule has 2 rings (SSSR count). The van der Waals surface area contributed by atoms with Crippen molar-refractivity contribution in [3.05, 3.63) is 33.4 Å². The van der Waals surface area contributed by atoms with Crippen LogP contribution in [0, 0.1) is 0 Å². The van der Waals surface area contributed by atoms with Gasteiger partial charge in [0, 0.05) is 23.6 Å². The van der Waals surface area contributed by atoms with Crippen molar-refractivity contribution in [3.8, 4) is 11.5 Å². The number of hydrogen-bond donors (Lipinski definition) is 1. The lowest BCUT2D eigenvalue weighted by Crippen LogP contribution is -2.34. The molecule has 0 saturated heterocycles. The van der Waals surface area contributed by atoms with Gasteiger partial charge in [0.25, 0.3) is 0 Å². The highest BCUT2D eigenvalue weighted by atomic mass is 79.9. The molecule has 1 atom stereocenters. The average Bonchev–Trinajstić information content (AvgIpc) is 2.52. The first-order valence-electron chi connectivity index (χ1n) is 7.91. The van der Waals surface area contributed by atoms with Crippen molar-refractivity contribution in [2.45, 2.75) is 39.2 Å². The highest BCUT2D eigenvalue weighted by Crippen LogP contribution is 2.42. The van der Waals surface area contributed by atoms with Gasteiger partial charge in [-0.1, -0.05) is 0 Å². The Bertz CT molecular complexity index is 726. The van der Waals surface area contributed by atoms with E-state index in [0.29, 0.717) is 28.3 Å².